The highest BCUT2D eigenvalue weighted by Gasteiger charge is 2.19. The number of carboxylic acids is 1. The summed E-state index contributed by atoms with van der Waals surface area (Å²) in [7, 11) is 0. The minimum Gasteiger partial charge on any atom is -0.480 e. The van der Waals surface area contributed by atoms with E-state index < -0.39 is 12.0 Å². The molecule has 1 aliphatic rings. The lowest BCUT2D eigenvalue weighted by molar-refractivity contribution is -0.141. The molecular formula is C10H13NO3. The molecular weight excluding hydrogens is 182 g/mol. The average Bonchev–Trinajstić information content (AvgIpc) is 2.19. The van der Waals surface area contributed by atoms with Crippen molar-refractivity contribution in [3.05, 3.63) is 24.3 Å². The first-order valence-corrected chi connectivity index (χ1v) is 4.48. The number of allylic oxidation sites excluding steroid dienone is 3. The van der Waals surface area contributed by atoms with Gasteiger partial charge >= 0.3 is 5.97 Å². The number of rotatable bonds is 3. The van der Waals surface area contributed by atoms with Crippen molar-refractivity contribution in [1.29, 1.82) is 0 Å². The Morgan fingerprint density at radius 1 is 1.50 bits per heavy atom. The molecule has 76 valence electrons. The van der Waals surface area contributed by atoms with Crippen LogP contribution in [0.2, 0.25) is 0 Å². The molecule has 1 amide bonds. The van der Waals surface area contributed by atoms with Crippen LogP contribution in [0.1, 0.15) is 13.3 Å². The highest BCUT2D eigenvalue weighted by molar-refractivity contribution is 5.86. The normalized spacial score (nSPS) is 21.6. The summed E-state index contributed by atoms with van der Waals surface area (Å²) < 4.78 is 0. The van der Waals surface area contributed by atoms with Gasteiger partial charge in [0.15, 0.2) is 0 Å². The third-order valence-corrected chi connectivity index (χ3v) is 2.05. The van der Waals surface area contributed by atoms with E-state index in [9.17, 15) is 9.59 Å². The molecule has 1 aliphatic carbocycles. The van der Waals surface area contributed by atoms with Gasteiger partial charge < -0.3 is 10.4 Å². The lowest BCUT2D eigenvalue weighted by Gasteiger charge is -2.15. The van der Waals surface area contributed by atoms with Crippen molar-refractivity contribution < 1.29 is 14.7 Å². The Kier molecular flexibility index (Phi) is 3.45. The summed E-state index contributed by atoms with van der Waals surface area (Å²) in [6, 6.07) is -0.832. The molecule has 0 saturated heterocycles. The lowest BCUT2D eigenvalue weighted by atomic mass is 10.00. The lowest BCUT2D eigenvalue weighted by Crippen LogP contribution is -2.41. The fourth-order valence-electron chi connectivity index (χ4n) is 1.16. The summed E-state index contributed by atoms with van der Waals surface area (Å²) in [6.45, 7) is 1.45. The van der Waals surface area contributed by atoms with Crippen molar-refractivity contribution in [3.63, 3.8) is 0 Å². The summed E-state index contributed by atoms with van der Waals surface area (Å²) in [5.41, 5.74) is 0. The number of carbonyl (C=O) groups is 2. The third-order valence-electron chi connectivity index (χ3n) is 2.05. The van der Waals surface area contributed by atoms with E-state index in [1.54, 1.807) is 12.2 Å². The highest BCUT2D eigenvalue weighted by Crippen LogP contribution is 2.11. The third kappa shape index (κ3) is 2.73. The minimum atomic E-state index is -1.02. The molecule has 0 aromatic rings. The molecule has 4 nitrogen and oxygen atoms in total. The van der Waals surface area contributed by atoms with Crippen molar-refractivity contribution in [2.75, 3.05) is 0 Å². The number of aliphatic carboxylic acids is 1. The topological polar surface area (TPSA) is 66.4 Å². The van der Waals surface area contributed by atoms with Crippen LogP contribution >= 0.6 is 0 Å². The second kappa shape index (κ2) is 4.60. The van der Waals surface area contributed by atoms with E-state index in [2.05, 4.69) is 5.32 Å². The first kappa shape index (κ1) is 10.5. The van der Waals surface area contributed by atoms with Gasteiger partial charge in [0.05, 0.1) is 5.92 Å². The molecule has 0 aromatic heterocycles. The van der Waals surface area contributed by atoms with Crippen LogP contribution in [0.5, 0.6) is 0 Å². The van der Waals surface area contributed by atoms with Crippen LogP contribution in [0.15, 0.2) is 24.3 Å². The number of carbonyl (C=O) groups excluding carboxylic acids is 1. The molecule has 4 heteroatoms. The molecule has 0 saturated carbocycles. The highest BCUT2D eigenvalue weighted by atomic mass is 16.4. The summed E-state index contributed by atoms with van der Waals surface area (Å²) in [5, 5.41) is 11.0. The van der Waals surface area contributed by atoms with E-state index in [0.717, 1.165) is 0 Å². The summed E-state index contributed by atoms with van der Waals surface area (Å²) in [4.78, 5) is 21.9. The maximum absolute atomic E-state index is 11.5. The zero-order valence-corrected chi connectivity index (χ0v) is 7.93. The molecule has 0 bridgehead atoms. The van der Waals surface area contributed by atoms with Gasteiger partial charge in [0.2, 0.25) is 5.91 Å². The van der Waals surface area contributed by atoms with Crippen molar-refractivity contribution in [1.82, 2.24) is 5.32 Å². The van der Waals surface area contributed by atoms with Gasteiger partial charge in [-0.05, 0) is 13.3 Å². The number of nitrogens with one attached hydrogen (secondary N) is 1. The molecule has 0 spiro atoms. The van der Waals surface area contributed by atoms with Crippen LogP contribution in [0.3, 0.4) is 0 Å². The molecule has 0 aliphatic heterocycles. The van der Waals surface area contributed by atoms with Crippen molar-refractivity contribution in [2.45, 2.75) is 19.4 Å². The van der Waals surface area contributed by atoms with Gasteiger partial charge in [-0.3, -0.25) is 9.59 Å². The second-order valence-corrected chi connectivity index (χ2v) is 3.22. The number of hydrogen-bond donors (Lipinski definition) is 2. The van der Waals surface area contributed by atoms with E-state index in [1.165, 1.54) is 6.92 Å². The number of hydrogen-bond acceptors (Lipinski definition) is 2. The Bertz CT molecular complexity index is 294. The quantitative estimate of drug-likeness (QED) is 0.697. The predicted octanol–water partition coefficient (Wildman–Crippen LogP) is 0.708. The standard InChI is InChI=1S/C10H13NO3/c1-7(10(13)14)11-9(12)8-5-3-2-4-6-8/h2-5,7-8H,6H2,1H3,(H,11,12)(H,13,14)/t7-,8?/m0/s1. The zero-order chi connectivity index (χ0) is 10.6. The maximum atomic E-state index is 11.5. The van der Waals surface area contributed by atoms with E-state index >= 15 is 0 Å². The fraction of sp³-hybridized carbons (Fsp3) is 0.400. The summed E-state index contributed by atoms with van der Waals surface area (Å²) in [6.07, 6.45) is 7.94. The molecule has 2 atom stereocenters. The minimum absolute atomic E-state index is 0.234. The Balaban J connectivity index is 2.46. The Morgan fingerprint density at radius 2 is 2.21 bits per heavy atom. The van der Waals surface area contributed by atoms with Crippen molar-refractivity contribution in [2.24, 2.45) is 5.92 Å². The SMILES string of the molecule is C[C@H](NC(=O)C1C=CC=CC1)C(=O)O. The maximum Gasteiger partial charge on any atom is 0.325 e. The molecule has 1 unspecified atom stereocenters. The van der Waals surface area contributed by atoms with Gasteiger partial charge in [-0.15, -0.1) is 0 Å². The largest absolute Gasteiger partial charge is 0.480 e. The molecule has 0 radical (unpaired) electrons. The summed E-state index contributed by atoms with van der Waals surface area (Å²) in [5.74, 6) is -1.49. The molecule has 0 aromatic carbocycles. The smallest absolute Gasteiger partial charge is 0.325 e. The van der Waals surface area contributed by atoms with Crippen molar-refractivity contribution in [3.8, 4) is 0 Å². The first-order chi connectivity index (χ1) is 6.61. The van der Waals surface area contributed by atoms with Crippen LogP contribution in [0.4, 0.5) is 0 Å². The van der Waals surface area contributed by atoms with E-state index in [0.29, 0.717) is 6.42 Å². The predicted molar refractivity (Wildman–Crippen MR) is 51.6 cm³/mol. The van der Waals surface area contributed by atoms with Crippen molar-refractivity contribution >= 4 is 11.9 Å². The average molecular weight is 195 g/mol. The van der Waals surface area contributed by atoms with Gasteiger partial charge in [0.1, 0.15) is 6.04 Å². The molecule has 2 N–H and O–H groups in total. The Morgan fingerprint density at radius 3 is 2.71 bits per heavy atom. The van der Waals surface area contributed by atoms with E-state index in [1.807, 2.05) is 12.2 Å². The summed E-state index contributed by atoms with van der Waals surface area (Å²) >= 11 is 0. The number of carboxylic acid groups (broad SMARTS) is 1. The van der Waals surface area contributed by atoms with Crippen LogP contribution < -0.4 is 5.32 Å². The number of amides is 1. The first-order valence-electron chi connectivity index (χ1n) is 4.48. The molecule has 1 rings (SSSR count). The zero-order valence-electron chi connectivity index (χ0n) is 7.93. The van der Waals surface area contributed by atoms with Gasteiger partial charge in [0.25, 0.3) is 0 Å². The van der Waals surface area contributed by atoms with E-state index in [-0.39, 0.29) is 11.8 Å². The van der Waals surface area contributed by atoms with Crippen LogP contribution in [0.25, 0.3) is 0 Å². The molecule has 14 heavy (non-hydrogen) atoms. The fourth-order valence-corrected chi connectivity index (χ4v) is 1.16. The van der Waals surface area contributed by atoms with Crippen LogP contribution in [-0.2, 0) is 9.59 Å². The monoisotopic (exact) mass is 195 g/mol. The molecule has 0 fully saturated rings. The second-order valence-electron chi connectivity index (χ2n) is 3.22. The van der Waals surface area contributed by atoms with E-state index in [4.69, 9.17) is 5.11 Å². The Labute approximate surface area is 82.3 Å². The van der Waals surface area contributed by atoms with Gasteiger partial charge in [-0.1, -0.05) is 24.3 Å². The van der Waals surface area contributed by atoms with Crippen LogP contribution in [0, 0.1) is 5.92 Å². The van der Waals surface area contributed by atoms with Gasteiger partial charge in [-0.25, -0.2) is 0 Å². The van der Waals surface area contributed by atoms with Crippen LogP contribution in [-0.4, -0.2) is 23.0 Å². The Hall–Kier alpha value is -1.58. The van der Waals surface area contributed by atoms with Gasteiger partial charge in [-0.2, -0.15) is 0 Å². The molecule has 0 heterocycles. The van der Waals surface area contributed by atoms with Gasteiger partial charge in [0, 0.05) is 0 Å².